The van der Waals surface area contributed by atoms with E-state index in [1.54, 1.807) is 37.3 Å². The van der Waals surface area contributed by atoms with Crippen LogP contribution in [0.15, 0.2) is 42.5 Å². The number of nitrogens with one attached hydrogen (secondary N) is 1. The van der Waals surface area contributed by atoms with E-state index in [1.807, 2.05) is 38.1 Å². The maximum absolute atomic E-state index is 12.7. The standard InChI is InChI=1S/C22H26N2O4/c1-14-5-7-16(8-6-14)15(2)23-22(26)17-11-21(25)24(13-17)18-9-10-19(27-3)20(12-18)28-4/h5-10,12,15,17H,11,13H2,1-4H3,(H,23,26). The van der Waals surface area contributed by atoms with Gasteiger partial charge in [0.1, 0.15) is 0 Å². The maximum atomic E-state index is 12.7. The number of ether oxygens (including phenoxy) is 2. The zero-order valence-corrected chi connectivity index (χ0v) is 16.7. The van der Waals surface area contributed by atoms with Gasteiger partial charge in [-0.05, 0) is 31.5 Å². The summed E-state index contributed by atoms with van der Waals surface area (Å²) < 4.78 is 10.6. The molecule has 1 heterocycles. The lowest BCUT2D eigenvalue weighted by Gasteiger charge is -2.20. The Morgan fingerprint density at radius 2 is 1.79 bits per heavy atom. The Kier molecular flexibility index (Phi) is 5.87. The van der Waals surface area contributed by atoms with Crippen LogP contribution in [0.5, 0.6) is 11.5 Å². The highest BCUT2D eigenvalue weighted by molar-refractivity contribution is 6.00. The molecular formula is C22H26N2O4. The Bertz CT molecular complexity index is 863. The van der Waals surface area contributed by atoms with Crippen molar-refractivity contribution in [3.05, 3.63) is 53.6 Å². The fraction of sp³-hybridized carbons (Fsp3) is 0.364. The van der Waals surface area contributed by atoms with Crippen LogP contribution >= 0.6 is 0 Å². The van der Waals surface area contributed by atoms with E-state index >= 15 is 0 Å². The van der Waals surface area contributed by atoms with E-state index in [2.05, 4.69) is 5.32 Å². The van der Waals surface area contributed by atoms with Crippen molar-refractivity contribution in [1.82, 2.24) is 5.32 Å². The predicted molar refractivity (Wildman–Crippen MR) is 108 cm³/mol. The Morgan fingerprint density at radius 3 is 2.43 bits per heavy atom. The number of hydrogen-bond acceptors (Lipinski definition) is 4. The monoisotopic (exact) mass is 382 g/mol. The van der Waals surface area contributed by atoms with E-state index in [9.17, 15) is 9.59 Å². The van der Waals surface area contributed by atoms with Crippen LogP contribution in [0.25, 0.3) is 0 Å². The molecule has 0 spiro atoms. The van der Waals surface area contributed by atoms with Gasteiger partial charge in [0.05, 0.1) is 26.2 Å². The van der Waals surface area contributed by atoms with Gasteiger partial charge >= 0.3 is 0 Å². The first kappa shape index (κ1) is 19.7. The van der Waals surface area contributed by atoms with Crippen LogP contribution in [0.3, 0.4) is 0 Å². The van der Waals surface area contributed by atoms with E-state index < -0.39 is 0 Å². The van der Waals surface area contributed by atoms with Gasteiger partial charge in [0, 0.05) is 24.7 Å². The van der Waals surface area contributed by atoms with Crippen molar-refractivity contribution in [2.45, 2.75) is 26.3 Å². The number of anilines is 1. The zero-order chi connectivity index (χ0) is 20.3. The molecule has 0 saturated carbocycles. The first-order valence-electron chi connectivity index (χ1n) is 9.32. The molecule has 1 aliphatic rings. The minimum absolute atomic E-state index is 0.0737. The highest BCUT2D eigenvalue weighted by Gasteiger charge is 2.35. The van der Waals surface area contributed by atoms with Crippen molar-refractivity contribution >= 4 is 17.5 Å². The number of methoxy groups -OCH3 is 2. The number of carbonyl (C=O) groups is 2. The molecule has 1 fully saturated rings. The summed E-state index contributed by atoms with van der Waals surface area (Å²) in [5, 5.41) is 3.03. The Hall–Kier alpha value is -3.02. The molecule has 2 atom stereocenters. The Balaban J connectivity index is 1.68. The summed E-state index contributed by atoms with van der Waals surface area (Å²) in [6.45, 7) is 4.33. The fourth-order valence-electron chi connectivity index (χ4n) is 3.40. The first-order chi connectivity index (χ1) is 13.4. The molecule has 28 heavy (non-hydrogen) atoms. The molecule has 1 aliphatic heterocycles. The van der Waals surface area contributed by atoms with Gasteiger partial charge in [-0.15, -0.1) is 0 Å². The third-order valence-corrected chi connectivity index (χ3v) is 5.11. The molecule has 2 unspecified atom stereocenters. The average molecular weight is 382 g/mol. The molecule has 2 aromatic carbocycles. The second-order valence-corrected chi connectivity index (χ2v) is 7.09. The minimum Gasteiger partial charge on any atom is -0.493 e. The van der Waals surface area contributed by atoms with Crippen LogP contribution < -0.4 is 19.7 Å². The molecule has 0 radical (unpaired) electrons. The highest BCUT2D eigenvalue weighted by atomic mass is 16.5. The molecule has 6 nitrogen and oxygen atoms in total. The van der Waals surface area contributed by atoms with Crippen LogP contribution in [-0.4, -0.2) is 32.6 Å². The topological polar surface area (TPSA) is 67.9 Å². The SMILES string of the molecule is COc1ccc(N2CC(C(=O)NC(C)c3ccc(C)cc3)CC2=O)cc1OC. The van der Waals surface area contributed by atoms with Gasteiger partial charge in [-0.25, -0.2) is 0 Å². The number of benzene rings is 2. The Morgan fingerprint density at radius 1 is 1.11 bits per heavy atom. The molecule has 1 N–H and O–H groups in total. The molecule has 1 saturated heterocycles. The number of carbonyl (C=O) groups excluding carboxylic acids is 2. The van der Waals surface area contributed by atoms with Crippen LogP contribution in [-0.2, 0) is 9.59 Å². The average Bonchev–Trinajstić information content (AvgIpc) is 3.09. The molecule has 0 aliphatic carbocycles. The third-order valence-electron chi connectivity index (χ3n) is 5.11. The number of rotatable bonds is 6. The van der Waals surface area contributed by atoms with Crippen LogP contribution in [0.4, 0.5) is 5.69 Å². The summed E-state index contributed by atoms with van der Waals surface area (Å²) in [5.74, 6) is 0.584. The van der Waals surface area contributed by atoms with Gasteiger partial charge in [0.15, 0.2) is 11.5 Å². The molecule has 0 aromatic heterocycles. The molecule has 6 heteroatoms. The molecule has 0 bridgehead atoms. The molecular weight excluding hydrogens is 356 g/mol. The fourth-order valence-corrected chi connectivity index (χ4v) is 3.40. The van der Waals surface area contributed by atoms with Crippen molar-refractivity contribution in [2.75, 3.05) is 25.7 Å². The predicted octanol–water partition coefficient (Wildman–Crippen LogP) is 3.24. The quantitative estimate of drug-likeness (QED) is 0.833. The van der Waals surface area contributed by atoms with Crippen molar-refractivity contribution in [3.8, 4) is 11.5 Å². The van der Waals surface area contributed by atoms with E-state index in [4.69, 9.17) is 9.47 Å². The second kappa shape index (κ2) is 8.33. The smallest absolute Gasteiger partial charge is 0.227 e. The highest BCUT2D eigenvalue weighted by Crippen LogP contribution is 2.34. The summed E-state index contributed by atoms with van der Waals surface area (Å²) in [5.41, 5.74) is 2.92. The maximum Gasteiger partial charge on any atom is 0.227 e. The lowest BCUT2D eigenvalue weighted by molar-refractivity contribution is -0.126. The normalized spacial score (nSPS) is 17.4. The second-order valence-electron chi connectivity index (χ2n) is 7.09. The van der Waals surface area contributed by atoms with Crippen LogP contribution in [0.2, 0.25) is 0 Å². The summed E-state index contributed by atoms with van der Waals surface area (Å²) in [4.78, 5) is 26.8. The molecule has 3 rings (SSSR count). The number of aryl methyl sites for hydroxylation is 1. The third kappa shape index (κ3) is 4.11. The van der Waals surface area contributed by atoms with Crippen molar-refractivity contribution in [1.29, 1.82) is 0 Å². The summed E-state index contributed by atoms with van der Waals surface area (Å²) in [6, 6.07) is 13.3. The van der Waals surface area contributed by atoms with E-state index in [0.717, 1.165) is 5.56 Å². The zero-order valence-electron chi connectivity index (χ0n) is 16.7. The van der Waals surface area contributed by atoms with Crippen molar-refractivity contribution in [2.24, 2.45) is 5.92 Å². The lowest BCUT2D eigenvalue weighted by atomic mass is 10.0. The molecule has 2 amide bonds. The van der Waals surface area contributed by atoms with E-state index in [0.29, 0.717) is 23.7 Å². The van der Waals surface area contributed by atoms with Crippen molar-refractivity contribution in [3.63, 3.8) is 0 Å². The molecule has 2 aromatic rings. The van der Waals surface area contributed by atoms with E-state index in [1.165, 1.54) is 5.56 Å². The van der Waals surface area contributed by atoms with E-state index in [-0.39, 0.29) is 30.2 Å². The Labute approximate surface area is 165 Å². The number of amides is 2. The largest absolute Gasteiger partial charge is 0.493 e. The lowest BCUT2D eigenvalue weighted by Crippen LogP contribution is -2.34. The van der Waals surface area contributed by atoms with Crippen molar-refractivity contribution < 1.29 is 19.1 Å². The summed E-state index contributed by atoms with van der Waals surface area (Å²) >= 11 is 0. The minimum atomic E-state index is -0.381. The number of hydrogen-bond donors (Lipinski definition) is 1. The molecule has 148 valence electrons. The van der Waals surface area contributed by atoms with Crippen LogP contribution in [0.1, 0.15) is 30.5 Å². The van der Waals surface area contributed by atoms with Gasteiger partial charge in [-0.3, -0.25) is 9.59 Å². The summed E-state index contributed by atoms with van der Waals surface area (Å²) in [7, 11) is 3.12. The summed E-state index contributed by atoms with van der Waals surface area (Å²) in [6.07, 6.45) is 0.195. The van der Waals surface area contributed by atoms with Crippen LogP contribution in [0, 0.1) is 12.8 Å². The van der Waals surface area contributed by atoms with Gasteiger partial charge in [-0.2, -0.15) is 0 Å². The number of nitrogens with zero attached hydrogens (tertiary/aromatic N) is 1. The van der Waals surface area contributed by atoms with Gasteiger partial charge < -0.3 is 19.7 Å². The first-order valence-corrected chi connectivity index (χ1v) is 9.32. The van der Waals surface area contributed by atoms with Gasteiger partial charge in [0.2, 0.25) is 11.8 Å². The van der Waals surface area contributed by atoms with Gasteiger partial charge in [0.25, 0.3) is 0 Å². The van der Waals surface area contributed by atoms with Gasteiger partial charge in [-0.1, -0.05) is 29.8 Å².